The number of nitrogens with zero attached hydrogens (tertiary/aromatic N) is 6. The molecule has 8 rings (SSSR count). The molecule has 0 amide bonds. The van der Waals surface area contributed by atoms with Gasteiger partial charge in [0.2, 0.25) is 11.8 Å². The van der Waals surface area contributed by atoms with Crippen molar-refractivity contribution < 1.29 is 47.8 Å². The number of hydrogen-bond acceptors (Lipinski definition) is 18. The third-order valence-corrected chi connectivity index (χ3v) is 12.2. The van der Waals surface area contributed by atoms with Gasteiger partial charge in [0.15, 0.2) is 12.2 Å². The molecule has 4 N–H and O–H groups in total. The lowest BCUT2D eigenvalue weighted by Crippen LogP contribution is -2.43. The molecular formula is C42H52Cl2N8O10. The van der Waals surface area contributed by atoms with Crippen molar-refractivity contribution >= 4 is 46.5 Å². The topological polar surface area (TPSA) is 220 Å². The van der Waals surface area contributed by atoms with Crippen molar-refractivity contribution in [2.24, 2.45) is 0 Å². The number of piperidine rings is 2. The Hall–Kier alpha value is -4.72. The molecule has 0 spiro atoms. The number of hydrogen-bond donors (Lipinski definition) is 4. The maximum absolute atomic E-state index is 13.0. The van der Waals surface area contributed by atoms with Gasteiger partial charge in [-0.05, 0) is 116 Å². The van der Waals surface area contributed by atoms with E-state index in [1.54, 1.807) is 12.1 Å². The second kappa shape index (κ2) is 20.6. The van der Waals surface area contributed by atoms with Crippen LogP contribution in [0, 0.1) is 0 Å². The van der Waals surface area contributed by atoms with Gasteiger partial charge in [-0.25, -0.2) is 20.5 Å². The molecule has 0 radical (unpaired) electrons. The van der Waals surface area contributed by atoms with Gasteiger partial charge in [-0.3, -0.25) is 0 Å². The van der Waals surface area contributed by atoms with Crippen LogP contribution >= 0.6 is 23.2 Å². The average Bonchev–Trinajstić information content (AvgIpc) is 3.98. The molecule has 6 heterocycles. The van der Waals surface area contributed by atoms with Crippen LogP contribution in [-0.2, 0) is 44.9 Å². The van der Waals surface area contributed by atoms with Gasteiger partial charge in [-0.1, -0.05) is 36.0 Å². The normalized spacial score (nSPS) is 17.8. The fraction of sp³-hybridized carbons (Fsp3) is 0.571. The highest BCUT2D eigenvalue weighted by atomic mass is 35.5. The van der Waals surface area contributed by atoms with Crippen molar-refractivity contribution in [2.45, 2.75) is 102 Å². The first-order valence-corrected chi connectivity index (χ1v) is 22.3. The maximum atomic E-state index is 13.0. The van der Waals surface area contributed by atoms with Crippen LogP contribution in [0.4, 0.5) is 11.4 Å². The lowest BCUT2D eigenvalue weighted by Gasteiger charge is -2.25. The van der Waals surface area contributed by atoms with Crippen LogP contribution in [-0.4, -0.2) is 117 Å². The van der Waals surface area contributed by atoms with E-state index in [-0.39, 0.29) is 33.2 Å². The largest absolute Gasteiger partial charge is 0.492 e. The van der Waals surface area contributed by atoms with Crippen molar-refractivity contribution in [1.82, 2.24) is 30.2 Å². The van der Waals surface area contributed by atoms with E-state index >= 15 is 0 Å². The summed E-state index contributed by atoms with van der Waals surface area (Å²) >= 11 is 13.4. The molecule has 4 aliphatic heterocycles. The minimum atomic E-state index is -2.35. The van der Waals surface area contributed by atoms with Gasteiger partial charge in [0, 0.05) is 24.0 Å². The number of ether oxygens (including phenoxy) is 2. The van der Waals surface area contributed by atoms with Crippen LogP contribution in [0.25, 0.3) is 22.9 Å². The predicted molar refractivity (Wildman–Crippen MR) is 226 cm³/mol. The number of aliphatic hydroxyl groups is 2. The molecule has 0 saturated carbocycles. The molecule has 4 aromatic rings. The Kier molecular flexibility index (Phi) is 14.6. The fourth-order valence-electron chi connectivity index (χ4n) is 8.34. The molecule has 2 aromatic carbocycles. The average molecular weight is 900 g/mol. The van der Waals surface area contributed by atoms with Gasteiger partial charge in [0.05, 0.1) is 45.8 Å². The van der Waals surface area contributed by atoms with Crippen molar-refractivity contribution in [3.05, 3.63) is 45.1 Å². The molecule has 0 aliphatic carbocycles. The van der Waals surface area contributed by atoms with Crippen molar-refractivity contribution in [1.29, 1.82) is 0 Å². The summed E-state index contributed by atoms with van der Waals surface area (Å²) in [5, 5.41) is 38.6. The van der Waals surface area contributed by atoms with Crippen LogP contribution in [0.5, 0.6) is 11.5 Å². The quantitative estimate of drug-likeness (QED) is 0.0928. The highest BCUT2D eigenvalue weighted by molar-refractivity contribution is 6.34. The summed E-state index contributed by atoms with van der Waals surface area (Å²) in [6.45, 7) is 7.24. The standard InChI is InChI=1S/C42H52Cl2N8O10/c43-29-23-27(39-47-45-31(59-39)13-7-19-51-15-3-1-4-16-51)37-25(11-9-21-57-37)33(29)49-61-41(55)35(53)36(54)42(56)62-50-34-26-12-10-22-58-38(26)28(24-30(34)44)40-48-46-32(60-40)14-8-20-52-17-5-2-6-18-52/h23-24,35-36,49-50,53-54H,1-22H2. The lowest BCUT2D eigenvalue weighted by molar-refractivity contribution is -0.169. The number of halogens is 2. The van der Waals surface area contributed by atoms with E-state index in [0.29, 0.717) is 97.3 Å². The van der Waals surface area contributed by atoms with E-state index in [4.69, 9.17) is 51.2 Å². The van der Waals surface area contributed by atoms with E-state index < -0.39 is 24.1 Å². The lowest BCUT2D eigenvalue weighted by atomic mass is 10.00. The Labute approximate surface area is 368 Å². The zero-order valence-corrected chi connectivity index (χ0v) is 36.0. The molecule has 20 heteroatoms. The smallest absolute Gasteiger partial charge is 0.363 e. The number of carbonyl (C=O) groups excluding carboxylic acids is 2. The monoisotopic (exact) mass is 898 g/mol. The molecule has 2 unspecified atom stereocenters. The van der Waals surface area contributed by atoms with Gasteiger partial charge in [0.25, 0.3) is 11.8 Å². The maximum Gasteiger partial charge on any atom is 0.363 e. The van der Waals surface area contributed by atoms with Gasteiger partial charge in [-0.2, -0.15) is 0 Å². The fourth-order valence-corrected chi connectivity index (χ4v) is 8.87. The summed E-state index contributed by atoms with van der Waals surface area (Å²) in [5.41, 5.74) is 7.48. The zero-order valence-electron chi connectivity index (χ0n) is 34.5. The molecule has 2 atom stereocenters. The molecular weight excluding hydrogens is 847 g/mol. The number of likely N-dealkylation sites (tertiary alicyclic amines) is 2. The van der Waals surface area contributed by atoms with Crippen LogP contribution in [0.3, 0.4) is 0 Å². The minimum Gasteiger partial charge on any atom is -0.492 e. The van der Waals surface area contributed by atoms with Gasteiger partial charge >= 0.3 is 11.9 Å². The molecule has 62 heavy (non-hydrogen) atoms. The minimum absolute atomic E-state index is 0.138. The molecule has 2 fully saturated rings. The van der Waals surface area contributed by atoms with Crippen molar-refractivity contribution in [2.75, 3.05) is 63.4 Å². The molecule has 2 saturated heterocycles. The number of benzene rings is 2. The van der Waals surface area contributed by atoms with Crippen LogP contribution in [0.1, 0.15) is 87.1 Å². The molecule has 2 aromatic heterocycles. The van der Waals surface area contributed by atoms with E-state index in [2.05, 4.69) is 41.2 Å². The summed E-state index contributed by atoms with van der Waals surface area (Å²) in [4.78, 5) is 41.1. The van der Waals surface area contributed by atoms with Crippen molar-refractivity contribution in [3.8, 4) is 34.4 Å². The molecule has 0 bridgehead atoms. The number of carbonyl (C=O) groups is 2. The zero-order chi connectivity index (χ0) is 43.0. The second-order valence-electron chi connectivity index (χ2n) is 16.0. The Balaban J connectivity index is 0.864. The molecule has 4 aliphatic rings. The third kappa shape index (κ3) is 10.4. The predicted octanol–water partition coefficient (Wildman–Crippen LogP) is 5.74. The Morgan fingerprint density at radius 2 is 1.06 bits per heavy atom. The number of aryl methyl sites for hydroxylation is 2. The van der Waals surface area contributed by atoms with Gasteiger partial charge < -0.3 is 48.0 Å². The highest BCUT2D eigenvalue weighted by Crippen LogP contribution is 2.45. The second-order valence-corrected chi connectivity index (χ2v) is 16.8. The molecule has 18 nitrogen and oxygen atoms in total. The first kappa shape index (κ1) is 43.9. The van der Waals surface area contributed by atoms with E-state index in [1.165, 1.54) is 38.5 Å². The van der Waals surface area contributed by atoms with E-state index in [9.17, 15) is 19.8 Å². The SMILES string of the molecule is O=C(ONc1c(Cl)cc(-c2nnc(CCCN3CCCCC3)o2)c2c1CCCO2)C(O)C(O)C(=O)ONc1c(Cl)cc(-c2nnc(CCCN3CCCCC3)o2)c2c1CCCO2. The van der Waals surface area contributed by atoms with Crippen LogP contribution < -0.4 is 20.4 Å². The van der Waals surface area contributed by atoms with Crippen LogP contribution in [0.2, 0.25) is 10.0 Å². The van der Waals surface area contributed by atoms with Gasteiger partial charge in [0.1, 0.15) is 11.5 Å². The first-order chi connectivity index (χ1) is 30.2. The first-order valence-electron chi connectivity index (χ1n) is 21.6. The van der Waals surface area contributed by atoms with Crippen LogP contribution in [0.15, 0.2) is 21.0 Å². The summed E-state index contributed by atoms with van der Waals surface area (Å²) in [6, 6.07) is 3.11. The van der Waals surface area contributed by atoms with Gasteiger partial charge in [-0.15, -0.1) is 20.4 Å². The third-order valence-electron chi connectivity index (χ3n) is 11.6. The number of fused-ring (bicyclic) bond motifs is 2. The summed E-state index contributed by atoms with van der Waals surface area (Å²) in [6.07, 6.45) is 8.09. The van der Waals surface area contributed by atoms with Crippen molar-refractivity contribution in [3.63, 3.8) is 0 Å². The summed E-state index contributed by atoms with van der Waals surface area (Å²) in [5.74, 6) is -0.414. The number of rotatable bonds is 17. The summed E-state index contributed by atoms with van der Waals surface area (Å²) in [7, 11) is 0. The summed E-state index contributed by atoms with van der Waals surface area (Å²) < 4.78 is 24.0. The number of anilines is 2. The molecule has 334 valence electrons. The Bertz CT molecular complexity index is 2040. The Morgan fingerprint density at radius 3 is 1.48 bits per heavy atom. The Morgan fingerprint density at radius 1 is 0.645 bits per heavy atom. The highest BCUT2D eigenvalue weighted by Gasteiger charge is 2.35. The van der Waals surface area contributed by atoms with E-state index in [1.807, 2.05) is 0 Å². The number of aromatic nitrogens is 4. The number of aliphatic hydroxyl groups excluding tert-OH is 2. The van der Waals surface area contributed by atoms with E-state index in [0.717, 1.165) is 52.1 Å². The number of nitrogens with one attached hydrogen (secondary N) is 2.